The summed E-state index contributed by atoms with van der Waals surface area (Å²) >= 11 is 3.46. The molecular formula is C24H22BrN3O7. The first-order valence-corrected chi connectivity index (χ1v) is 10.9. The van der Waals surface area contributed by atoms with Crippen molar-refractivity contribution in [2.24, 2.45) is 5.10 Å². The van der Waals surface area contributed by atoms with Crippen LogP contribution >= 0.6 is 15.9 Å². The van der Waals surface area contributed by atoms with Gasteiger partial charge in [0.2, 0.25) is 0 Å². The number of ether oxygens (including phenoxy) is 4. The van der Waals surface area contributed by atoms with Crippen LogP contribution in [0.25, 0.3) is 0 Å². The lowest BCUT2D eigenvalue weighted by Crippen LogP contribution is -2.18. The fourth-order valence-corrected chi connectivity index (χ4v) is 3.61. The number of hydrazone groups is 1. The van der Waals surface area contributed by atoms with Crippen molar-refractivity contribution < 1.29 is 28.7 Å². The number of methoxy groups -OCH3 is 3. The Labute approximate surface area is 209 Å². The largest absolute Gasteiger partial charge is 0.497 e. The van der Waals surface area contributed by atoms with Crippen molar-refractivity contribution in [2.45, 2.75) is 6.61 Å². The lowest BCUT2D eigenvalue weighted by molar-refractivity contribution is -0.384. The number of nitrogens with one attached hydrogen (secondary N) is 1. The van der Waals surface area contributed by atoms with E-state index in [-0.39, 0.29) is 12.3 Å². The Morgan fingerprint density at radius 3 is 2.37 bits per heavy atom. The first-order chi connectivity index (χ1) is 16.9. The number of carbonyl (C=O) groups is 1. The molecule has 1 N–H and O–H groups in total. The summed E-state index contributed by atoms with van der Waals surface area (Å²) in [5, 5.41) is 14.8. The van der Waals surface area contributed by atoms with Gasteiger partial charge in [0.25, 0.3) is 11.6 Å². The Kier molecular flexibility index (Phi) is 8.63. The minimum absolute atomic E-state index is 0.00803. The topological polar surface area (TPSA) is 122 Å². The maximum absolute atomic E-state index is 12.5. The third-order valence-electron chi connectivity index (χ3n) is 4.82. The SMILES string of the molecule is COc1ccc(C(=O)N/N=C\c2cc(Br)c(OCc3ccc([N+](=O)[O-])cc3)c(OC)c2)c(OC)c1. The first kappa shape index (κ1) is 25.5. The molecule has 0 spiro atoms. The molecule has 1 amide bonds. The third kappa shape index (κ3) is 6.48. The second kappa shape index (κ2) is 11.8. The number of hydrogen-bond acceptors (Lipinski definition) is 8. The van der Waals surface area contributed by atoms with E-state index in [2.05, 4.69) is 26.5 Å². The van der Waals surface area contributed by atoms with Gasteiger partial charge in [0.15, 0.2) is 11.5 Å². The van der Waals surface area contributed by atoms with Gasteiger partial charge in [-0.2, -0.15) is 5.10 Å². The molecule has 11 heteroatoms. The zero-order chi connectivity index (χ0) is 25.4. The Balaban J connectivity index is 1.69. The number of nitrogens with zero attached hydrogens (tertiary/aromatic N) is 2. The summed E-state index contributed by atoms with van der Waals surface area (Å²) in [5.74, 6) is 1.36. The second-order valence-electron chi connectivity index (χ2n) is 7.01. The van der Waals surface area contributed by atoms with Crippen molar-refractivity contribution in [3.05, 3.63) is 85.9 Å². The number of benzene rings is 3. The van der Waals surface area contributed by atoms with E-state index in [4.69, 9.17) is 18.9 Å². The number of amides is 1. The summed E-state index contributed by atoms with van der Waals surface area (Å²) in [6.07, 6.45) is 1.46. The maximum Gasteiger partial charge on any atom is 0.275 e. The lowest BCUT2D eigenvalue weighted by atomic mass is 10.2. The van der Waals surface area contributed by atoms with Crippen LogP contribution in [0.1, 0.15) is 21.5 Å². The molecule has 0 aliphatic heterocycles. The van der Waals surface area contributed by atoms with Crippen LogP contribution in [0.2, 0.25) is 0 Å². The molecule has 0 heterocycles. The Morgan fingerprint density at radius 1 is 1.03 bits per heavy atom. The maximum atomic E-state index is 12.5. The third-order valence-corrected chi connectivity index (χ3v) is 5.40. The van der Waals surface area contributed by atoms with E-state index in [0.29, 0.717) is 38.6 Å². The Morgan fingerprint density at radius 2 is 1.74 bits per heavy atom. The summed E-state index contributed by atoms with van der Waals surface area (Å²) in [6, 6.07) is 14.4. The number of carbonyl (C=O) groups excluding carboxylic acids is 1. The van der Waals surface area contributed by atoms with Gasteiger partial charge in [0, 0.05) is 18.2 Å². The van der Waals surface area contributed by atoms with Crippen LogP contribution in [0.5, 0.6) is 23.0 Å². The molecule has 35 heavy (non-hydrogen) atoms. The van der Waals surface area contributed by atoms with Crippen molar-refractivity contribution in [1.82, 2.24) is 5.43 Å². The van der Waals surface area contributed by atoms with Gasteiger partial charge in [0.05, 0.1) is 42.5 Å². The van der Waals surface area contributed by atoms with Gasteiger partial charge < -0.3 is 18.9 Å². The molecule has 0 aromatic heterocycles. The molecular weight excluding hydrogens is 522 g/mol. The van der Waals surface area contributed by atoms with Crippen molar-refractivity contribution in [3.63, 3.8) is 0 Å². The molecule has 0 atom stereocenters. The van der Waals surface area contributed by atoms with Gasteiger partial charge in [-0.05, 0) is 63.5 Å². The second-order valence-corrected chi connectivity index (χ2v) is 7.87. The zero-order valence-electron chi connectivity index (χ0n) is 19.1. The van der Waals surface area contributed by atoms with Gasteiger partial charge >= 0.3 is 0 Å². The monoisotopic (exact) mass is 543 g/mol. The van der Waals surface area contributed by atoms with E-state index < -0.39 is 10.8 Å². The molecule has 0 saturated heterocycles. The predicted molar refractivity (Wildman–Crippen MR) is 133 cm³/mol. The van der Waals surface area contributed by atoms with Crippen molar-refractivity contribution >= 4 is 33.7 Å². The van der Waals surface area contributed by atoms with Crippen molar-refractivity contribution in [2.75, 3.05) is 21.3 Å². The minimum atomic E-state index is -0.458. The van der Waals surface area contributed by atoms with E-state index in [0.717, 1.165) is 5.56 Å². The molecule has 0 unspecified atom stereocenters. The number of nitro benzene ring substituents is 1. The van der Waals surface area contributed by atoms with Crippen LogP contribution in [-0.4, -0.2) is 38.4 Å². The molecule has 3 aromatic carbocycles. The lowest BCUT2D eigenvalue weighted by Gasteiger charge is -2.13. The number of halogens is 1. The molecule has 0 aliphatic carbocycles. The molecule has 0 bridgehead atoms. The van der Waals surface area contributed by atoms with Crippen LogP contribution in [0, 0.1) is 10.1 Å². The first-order valence-electron chi connectivity index (χ1n) is 10.1. The fourth-order valence-electron chi connectivity index (χ4n) is 3.04. The minimum Gasteiger partial charge on any atom is -0.497 e. The van der Waals surface area contributed by atoms with Gasteiger partial charge in [-0.15, -0.1) is 0 Å². The van der Waals surface area contributed by atoms with Gasteiger partial charge in [-0.25, -0.2) is 5.43 Å². The molecule has 10 nitrogen and oxygen atoms in total. The molecule has 3 rings (SSSR count). The van der Waals surface area contributed by atoms with Crippen molar-refractivity contribution in [3.8, 4) is 23.0 Å². The molecule has 0 fully saturated rings. The quantitative estimate of drug-likeness (QED) is 0.223. The van der Waals surface area contributed by atoms with Crippen LogP contribution in [0.4, 0.5) is 5.69 Å². The van der Waals surface area contributed by atoms with Crippen LogP contribution in [0.3, 0.4) is 0 Å². The molecule has 0 aliphatic rings. The van der Waals surface area contributed by atoms with E-state index >= 15 is 0 Å². The highest BCUT2D eigenvalue weighted by molar-refractivity contribution is 9.10. The number of nitro groups is 1. The van der Waals surface area contributed by atoms with Crippen LogP contribution in [0.15, 0.2) is 64.2 Å². The zero-order valence-corrected chi connectivity index (χ0v) is 20.7. The van der Waals surface area contributed by atoms with Crippen molar-refractivity contribution in [1.29, 1.82) is 0 Å². The van der Waals surface area contributed by atoms with E-state index in [1.165, 1.54) is 39.7 Å². The highest BCUT2D eigenvalue weighted by atomic mass is 79.9. The fraction of sp³-hybridized carbons (Fsp3) is 0.167. The summed E-state index contributed by atoms with van der Waals surface area (Å²) in [5.41, 5.74) is 4.17. The summed E-state index contributed by atoms with van der Waals surface area (Å²) < 4.78 is 22.3. The summed E-state index contributed by atoms with van der Waals surface area (Å²) in [7, 11) is 4.49. The average molecular weight is 544 g/mol. The number of rotatable bonds is 10. The van der Waals surface area contributed by atoms with Gasteiger partial charge in [-0.3, -0.25) is 14.9 Å². The highest BCUT2D eigenvalue weighted by Crippen LogP contribution is 2.37. The summed E-state index contributed by atoms with van der Waals surface area (Å²) in [6.45, 7) is 0.181. The molecule has 182 valence electrons. The summed E-state index contributed by atoms with van der Waals surface area (Å²) in [4.78, 5) is 22.8. The number of hydrogen-bond donors (Lipinski definition) is 1. The van der Waals surface area contributed by atoms with Gasteiger partial charge in [-0.1, -0.05) is 0 Å². The molecule has 3 aromatic rings. The van der Waals surface area contributed by atoms with E-state index in [9.17, 15) is 14.9 Å². The predicted octanol–water partition coefficient (Wildman–Crippen LogP) is 4.73. The van der Waals surface area contributed by atoms with E-state index in [1.54, 1.807) is 42.5 Å². The Bertz CT molecular complexity index is 1250. The van der Waals surface area contributed by atoms with Crippen LogP contribution in [-0.2, 0) is 6.61 Å². The highest BCUT2D eigenvalue weighted by Gasteiger charge is 2.14. The number of non-ortho nitro benzene ring substituents is 1. The van der Waals surface area contributed by atoms with E-state index in [1.807, 2.05) is 0 Å². The van der Waals surface area contributed by atoms with Crippen LogP contribution < -0.4 is 24.4 Å². The normalized spacial score (nSPS) is 10.6. The molecule has 0 saturated carbocycles. The Hall–Kier alpha value is -4.12. The smallest absolute Gasteiger partial charge is 0.275 e. The van der Waals surface area contributed by atoms with Gasteiger partial charge in [0.1, 0.15) is 18.1 Å². The molecule has 0 radical (unpaired) electrons. The standard InChI is InChI=1S/C24H22BrN3O7/c1-32-18-8-9-19(21(12-18)33-2)24(29)27-26-13-16-10-20(25)23(22(11-16)34-3)35-14-15-4-6-17(7-5-15)28(30)31/h4-13H,14H2,1-3H3,(H,27,29)/b26-13-. The average Bonchev–Trinajstić information content (AvgIpc) is 2.87.